The Labute approximate surface area is 138 Å². The molecule has 2 aromatic rings. The van der Waals surface area contributed by atoms with E-state index in [0.29, 0.717) is 14.5 Å². The van der Waals surface area contributed by atoms with E-state index in [1.165, 1.54) is 12.1 Å². The molecule has 0 bridgehead atoms. The predicted octanol–water partition coefficient (Wildman–Crippen LogP) is 3.64. The van der Waals surface area contributed by atoms with E-state index in [2.05, 4.69) is 36.6 Å². The van der Waals surface area contributed by atoms with Crippen molar-refractivity contribution in [2.45, 2.75) is 11.5 Å². The van der Waals surface area contributed by atoms with E-state index in [0.717, 1.165) is 12.1 Å². The van der Waals surface area contributed by atoms with Gasteiger partial charge in [-0.25, -0.2) is 12.8 Å². The van der Waals surface area contributed by atoms with Gasteiger partial charge in [0.25, 0.3) is 10.0 Å². The number of anilines is 1. The van der Waals surface area contributed by atoms with Gasteiger partial charge in [-0.05, 0) is 67.8 Å². The van der Waals surface area contributed by atoms with Gasteiger partial charge < -0.3 is 5.11 Å². The summed E-state index contributed by atoms with van der Waals surface area (Å²) in [6, 6.07) is 8.15. The van der Waals surface area contributed by atoms with Crippen LogP contribution in [0.1, 0.15) is 5.56 Å². The molecular formula is C13H10Br2FNO3S. The van der Waals surface area contributed by atoms with Gasteiger partial charge in [-0.1, -0.05) is 6.07 Å². The van der Waals surface area contributed by atoms with Crippen molar-refractivity contribution in [1.29, 1.82) is 0 Å². The highest BCUT2D eigenvalue weighted by Crippen LogP contribution is 2.29. The molecule has 0 spiro atoms. The van der Waals surface area contributed by atoms with Gasteiger partial charge in [0.05, 0.1) is 12.3 Å². The van der Waals surface area contributed by atoms with E-state index in [1.807, 2.05) is 0 Å². The van der Waals surface area contributed by atoms with E-state index in [4.69, 9.17) is 5.11 Å². The van der Waals surface area contributed by atoms with Gasteiger partial charge in [0, 0.05) is 8.95 Å². The van der Waals surface area contributed by atoms with Crippen molar-refractivity contribution in [3.63, 3.8) is 0 Å². The van der Waals surface area contributed by atoms with Crippen LogP contribution in [-0.2, 0) is 16.6 Å². The molecule has 21 heavy (non-hydrogen) atoms. The molecule has 0 unspecified atom stereocenters. The van der Waals surface area contributed by atoms with Crippen molar-refractivity contribution < 1.29 is 17.9 Å². The van der Waals surface area contributed by atoms with Crippen LogP contribution in [0.15, 0.2) is 50.2 Å². The maximum absolute atomic E-state index is 13.0. The largest absolute Gasteiger partial charge is 0.392 e. The topological polar surface area (TPSA) is 66.4 Å². The van der Waals surface area contributed by atoms with Crippen LogP contribution in [0.2, 0.25) is 0 Å². The second-order valence-corrected chi connectivity index (χ2v) is 7.51. The minimum atomic E-state index is -3.87. The van der Waals surface area contributed by atoms with Crippen molar-refractivity contribution in [3.05, 3.63) is 56.7 Å². The van der Waals surface area contributed by atoms with E-state index >= 15 is 0 Å². The molecule has 0 radical (unpaired) electrons. The first kappa shape index (κ1) is 16.4. The van der Waals surface area contributed by atoms with Crippen molar-refractivity contribution in [2.75, 3.05) is 4.72 Å². The molecule has 2 aromatic carbocycles. The Bertz CT molecular complexity index is 781. The lowest BCUT2D eigenvalue weighted by Crippen LogP contribution is -2.14. The van der Waals surface area contributed by atoms with Crippen LogP contribution < -0.4 is 4.72 Å². The molecule has 0 amide bonds. The number of benzene rings is 2. The second-order valence-electron chi connectivity index (χ2n) is 4.15. The highest BCUT2D eigenvalue weighted by molar-refractivity contribution is 9.11. The molecule has 0 saturated carbocycles. The molecular weight excluding hydrogens is 429 g/mol. The molecule has 8 heteroatoms. The first-order valence-corrected chi connectivity index (χ1v) is 8.77. The summed E-state index contributed by atoms with van der Waals surface area (Å²) in [6.07, 6.45) is 0. The van der Waals surface area contributed by atoms with Gasteiger partial charge >= 0.3 is 0 Å². The predicted molar refractivity (Wildman–Crippen MR) is 85.0 cm³/mol. The first-order chi connectivity index (χ1) is 9.83. The maximum atomic E-state index is 13.0. The lowest BCUT2D eigenvalue weighted by molar-refractivity contribution is 0.281. The lowest BCUT2D eigenvalue weighted by atomic mass is 10.2. The van der Waals surface area contributed by atoms with Crippen molar-refractivity contribution in [2.24, 2.45) is 0 Å². The Morgan fingerprint density at radius 1 is 1.10 bits per heavy atom. The molecule has 0 aliphatic heterocycles. The molecule has 0 aromatic heterocycles. The molecule has 2 rings (SSSR count). The smallest absolute Gasteiger partial charge is 0.263 e. The van der Waals surface area contributed by atoms with Crippen LogP contribution in [0.4, 0.5) is 10.1 Å². The van der Waals surface area contributed by atoms with Crippen LogP contribution in [0.25, 0.3) is 0 Å². The van der Waals surface area contributed by atoms with Gasteiger partial charge in [-0.3, -0.25) is 4.72 Å². The van der Waals surface area contributed by atoms with Crippen LogP contribution in [0, 0.1) is 5.82 Å². The molecule has 4 nitrogen and oxygen atoms in total. The van der Waals surface area contributed by atoms with E-state index in [1.54, 1.807) is 12.1 Å². The summed E-state index contributed by atoms with van der Waals surface area (Å²) in [5, 5.41) is 9.10. The zero-order valence-corrected chi connectivity index (χ0v) is 14.5. The van der Waals surface area contributed by atoms with Gasteiger partial charge in [-0.2, -0.15) is 0 Å². The van der Waals surface area contributed by atoms with Crippen LogP contribution in [0.3, 0.4) is 0 Å². The molecule has 2 N–H and O–H groups in total. The monoisotopic (exact) mass is 437 g/mol. The Morgan fingerprint density at radius 3 is 2.43 bits per heavy atom. The Balaban J connectivity index is 2.43. The average Bonchev–Trinajstić information content (AvgIpc) is 2.42. The van der Waals surface area contributed by atoms with Gasteiger partial charge in [0.2, 0.25) is 0 Å². The zero-order chi connectivity index (χ0) is 15.6. The molecule has 0 aliphatic carbocycles. The SMILES string of the molecule is O=S(=O)(Nc1ccc(F)cc1Br)c1cc(CO)ccc1Br. The fourth-order valence-corrected chi connectivity index (χ4v) is 4.30. The number of rotatable bonds is 4. The molecule has 0 aliphatic rings. The van der Waals surface area contributed by atoms with Crippen molar-refractivity contribution in [1.82, 2.24) is 0 Å². The molecule has 0 atom stereocenters. The second kappa shape index (κ2) is 6.43. The summed E-state index contributed by atoms with van der Waals surface area (Å²) < 4.78 is 40.8. The summed E-state index contributed by atoms with van der Waals surface area (Å²) in [4.78, 5) is -0.00900. The number of halogens is 3. The summed E-state index contributed by atoms with van der Waals surface area (Å²) in [7, 11) is -3.87. The van der Waals surface area contributed by atoms with Crippen molar-refractivity contribution in [3.8, 4) is 0 Å². The quantitative estimate of drug-likeness (QED) is 0.765. The van der Waals surface area contributed by atoms with Gasteiger partial charge in [0.1, 0.15) is 10.7 Å². The zero-order valence-electron chi connectivity index (χ0n) is 10.5. The Hall–Kier alpha value is -0.960. The minimum absolute atomic E-state index is 0.00900. The number of hydrogen-bond acceptors (Lipinski definition) is 3. The Kier molecular flexibility index (Phi) is 5.03. The summed E-state index contributed by atoms with van der Waals surface area (Å²) in [5.74, 6) is -0.478. The maximum Gasteiger partial charge on any atom is 0.263 e. The minimum Gasteiger partial charge on any atom is -0.392 e. The molecule has 112 valence electrons. The number of nitrogens with one attached hydrogen (secondary N) is 1. The van der Waals surface area contributed by atoms with E-state index in [9.17, 15) is 12.8 Å². The van der Waals surface area contributed by atoms with E-state index in [-0.39, 0.29) is 17.2 Å². The van der Waals surface area contributed by atoms with Crippen molar-refractivity contribution >= 4 is 47.6 Å². The van der Waals surface area contributed by atoms with E-state index < -0.39 is 15.8 Å². The van der Waals surface area contributed by atoms with Crippen LogP contribution in [-0.4, -0.2) is 13.5 Å². The normalized spacial score (nSPS) is 11.4. The average molecular weight is 439 g/mol. The third-order valence-electron chi connectivity index (χ3n) is 2.64. The Morgan fingerprint density at radius 2 is 1.81 bits per heavy atom. The fourth-order valence-electron chi connectivity index (χ4n) is 1.62. The summed E-state index contributed by atoms with van der Waals surface area (Å²) in [6.45, 7) is -0.268. The molecule has 0 heterocycles. The summed E-state index contributed by atoms with van der Waals surface area (Å²) in [5.41, 5.74) is 0.689. The van der Waals surface area contributed by atoms with Gasteiger partial charge in [-0.15, -0.1) is 0 Å². The highest BCUT2D eigenvalue weighted by Gasteiger charge is 2.19. The third kappa shape index (κ3) is 3.82. The fraction of sp³-hybridized carbons (Fsp3) is 0.0769. The standard InChI is InChI=1S/C13H10Br2FNO3S/c14-10-3-1-8(7-18)5-13(10)21(19,20)17-12-4-2-9(16)6-11(12)15/h1-6,17-18H,7H2. The number of aliphatic hydroxyl groups is 1. The van der Waals surface area contributed by atoms with Crippen LogP contribution in [0.5, 0.6) is 0 Å². The highest BCUT2D eigenvalue weighted by atomic mass is 79.9. The first-order valence-electron chi connectivity index (χ1n) is 5.70. The summed E-state index contributed by atoms with van der Waals surface area (Å²) >= 11 is 6.27. The third-order valence-corrected chi connectivity index (χ3v) is 5.66. The lowest BCUT2D eigenvalue weighted by Gasteiger charge is -2.12. The van der Waals surface area contributed by atoms with Gasteiger partial charge in [0.15, 0.2) is 0 Å². The van der Waals surface area contributed by atoms with Crippen LogP contribution >= 0.6 is 31.9 Å². The number of sulfonamides is 1. The molecule has 0 fully saturated rings. The number of aliphatic hydroxyl groups excluding tert-OH is 1. The molecule has 0 saturated heterocycles. The number of hydrogen-bond donors (Lipinski definition) is 2.